The lowest BCUT2D eigenvalue weighted by Gasteiger charge is -2.30. The van der Waals surface area contributed by atoms with Crippen molar-refractivity contribution in [1.82, 2.24) is 5.32 Å². The summed E-state index contributed by atoms with van der Waals surface area (Å²) in [5, 5.41) is 3.45. The third kappa shape index (κ3) is 5.61. The van der Waals surface area contributed by atoms with Gasteiger partial charge < -0.3 is 4.74 Å². The number of thioether (sulfide) groups is 1. The highest BCUT2D eigenvalue weighted by molar-refractivity contribution is 8.00. The topological polar surface area (TPSA) is 38.3 Å². The Balaban J connectivity index is 2.50. The van der Waals surface area contributed by atoms with Gasteiger partial charge in [-0.15, -0.1) is 0 Å². The van der Waals surface area contributed by atoms with E-state index in [1.807, 2.05) is 25.6 Å². The van der Waals surface area contributed by atoms with Crippen molar-refractivity contribution in [3.63, 3.8) is 0 Å². The molecule has 0 radical (unpaired) electrons. The van der Waals surface area contributed by atoms with Crippen LogP contribution in [-0.2, 0) is 9.53 Å². The Labute approximate surface area is 115 Å². The molecule has 18 heavy (non-hydrogen) atoms. The predicted molar refractivity (Wildman–Crippen MR) is 78.0 cm³/mol. The lowest BCUT2D eigenvalue weighted by molar-refractivity contribution is -0.150. The molecule has 1 N–H and O–H groups in total. The number of hydrogen-bond donors (Lipinski definition) is 1. The molecule has 0 aromatic heterocycles. The van der Waals surface area contributed by atoms with E-state index >= 15 is 0 Å². The van der Waals surface area contributed by atoms with Crippen molar-refractivity contribution in [3.8, 4) is 0 Å². The summed E-state index contributed by atoms with van der Waals surface area (Å²) in [6.45, 7) is 10.9. The summed E-state index contributed by atoms with van der Waals surface area (Å²) < 4.78 is 5.45. The Bertz CT molecular complexity index is 284. The first kappa shape index (κ1) is 15.8. The lowest BCUT2D eigenvalue weighted by atomic mass is 9.99. The van der Waals surface area contributed by atoms with Crippen LogP contribution in [0.3, 0.4) is 0 Å². The fraction of sp³-hybridized carbons (Fsp3) is 0.929. The van der Waals surface area contributed by atoms with Crippen LogP contribution < -0.4 is 5.32 Å². The molecule has 0 aliphatic heterocycles. The van der Waals surface area contributed by atoms with Crippen molar-refractivity contribution in [2.75, 3.05) is 12.4 Å². The molecule has 1 rings (SSSR count). The molecule has 1 atom stereocenters. The van der Waals surface area contributed by atoms with Gasteiger partial charge in [-0.25, -0.2) is 0 Å². The Morgan fingerprint density at radius 3 is 2.39 bits per heavy atom. The fourth-order valence-corrected chi connectivity index (χ4v) is 2.89. The predicted octanol–water partition coefficient (Wildman–Crippen LogP) is 2.98. The van der Waals surface area contributed by atoms with Gasteiger partial charge >= 0.3 is 5.97 Å². The van der Waals surface area contributed by atoms with Crippen molar-refractivity contribution in [1.29, 1.82) is 0 Å². The van der Waals surface area contributed by atoms with E-state index in [9.17, 15) is 4.79 Å². The highest BCUT2D eigenvalue weighted by atomic mass is 32.2. The van der Waals surface area contributed by atoms with Gasteiger partial charge in [0.05, 0.1) is 6.61 Å². The molecule has 1 aliphatic rings. The van der Waals surface area contributed by atoms with Gasteiger partial charge in [0.2, 0.25) is 0 Å². The van der Waals surface area contributed by atoms with Crippen LogP contribution in [0.2, 0.25) is 0 Å². The fourth-order valence-electron chi connectivity index (χ4n) is 1.76. The van der Waals surface area contributed by atoms with E-state index in [1.165, 1.54) is 12.8 Å². The molecule has 106 valence electrons. The average Bonchev–Trinajstić information content (AvgIpc) is 2.99. The molecule has 0 saturated heterocycles. The van der Waals surface area contributed by atoms with Crippen LogP contribution in [-0.4, -0.2) is 34.7 Å². The zero-order valence-corrected chi connectivity index (χ0v) is 13.2. The monoisotopic (exact) mass is 273 g/mol. The zero-order chi connectivity index (χ0) is 13.8. The molecule has 0 amide bonds. The number of rotatable bonds is 7. The smallest absolute Gasteiger partial charge is 0.326 e. The number of ether oxygens (including phenoxy) is 1. The van der Waals surface area contributed by atoms with Gasteiger partial charge in [0.1, 0.15) is 5.54 Å². The summed E-state index contributed by atoms with van der Waals surface area (Å²) in [5.74, 6) is 0.866. The van der Waals surface area contributed by atoms with Crippen molar-refractivity contribution in [2.24, 2.45) is 0 Å². The van der Waals surface area contributed by atoms with E-state index < -0.39 is 5.54 Å². The molecule has 1 aliphatic carbocycles. The second kappa shape index (κ2) is 6.29. The molecule has 0 aromatic carbocycles. The third-order valence-electron chi connectivity index (χ3n) is 2.96. The summed E-state index contributed by atoms with van der Waals surface area (Å²) in [4.78, 5) is 12.1. The number of nitrogens with one attached hydrogen (secondary N) is 1. The lowest BCUT2D eigenvalue weighted by Crippen LogP contribution is -2.52. The van der Waals surface area contributed by atoms with Crippen LogP contribution in [0.25, 0.3) is 0 Å². The molecule has 1 fully saturated rings. The molecule has 0 spiro atoms. The van der Waals surface area contributed by atoms with E-state index in [0.29, 0.717) is 12.6 Å². The van der Waals surface area contributed by atoms with Gasteiger partial charge in [-0.3, -0.25) is 10.1 Å². The van der Waals surface area contributed by atoms with E-state index in [4.69, 9.17) is 4.74 Å². The Hall–Kier alpha value is -0.220. The Kier molecular flexibility index (Phi) is 5.53. The van der Waals surface area contributed by atoms with E-state index in [-0.39, 0.29) is 10.7 Å². The maximum atomic E-state index is 12.1. The normalized spacial score (nSPS) is 19.4. The third-order valence-corrected chi connectivity index (χ3v) is 4.24. The minimum absolute atomic E-state index is 0.105. The minimum Gasteiger partial charge on any atom is -0.465 e. The molecular weight excluding hydrogens is 246 g/mol. The van der Waals surface area contributed by atoms with Crippen LogP contribution in [0.4, 0.5) is 0 Å². The summed E-state index contributed by atoms with van der Waals surface area (Å²) in [7, 11) is 0. The first-order valence-corrected chi connectivity index (χ1v) is 7.84. The molecule has 0 bridgehead atoms. The highest BCUT2D eigenvalue weighted by Gasteiger charge is 2.39. The molecule has 1 saturated carbocycles. The van der Waals surface area contributed by atoms with Crippen molar-refractivity contribution in [2.45, 2.75) is 70.2 Å². The SMILES string of the molecule is CCOC(=O)C(C)(CCSC(C)(C)C)NC1CC1. The van der Waals surface area contributed by atoms with Crippen LogP contribution in [0.1, 0.15) is 53.9 Å². The van der Waals surface area contributed by atoms with Crippen LogP contribution >= 0.6 is 11.8 Å². The summed E-state index contributed by atoms with van der Waals surface area (Å²) in [6, 6.07) is 0.513. The van der Waals surface area contributed by atoms with Gasteiger partial charge in [0, 0.05) is 10.8 Å². The molecular formula is C14H27NO2S. The van der Waals surface area contributed by atoms with Crippen molar-refractivity contribution >= 4 is 17.7 Å². The van der Waals surface area contributed by atoms with Crippen molar-refractivity contribution in [3.05, 3.63) is 0 Å². The molecule has 0 heterocycles. The van der Waals surface area contributed by atoms with E-state index in [1.54, 1.807) is 0 Å². The summed E-state index contributed by atoms with van der Waals surface area (Å²) in [6.07, 6.45) is 3.19. The molecule has 0 aromatic rings. The number of carbonyl (C=O) groups is 1. The molecule has 3 nitrogen and oxygen atoms in total. The van der Waals surface area contributed by atoms with Crippen LogP contribution in [0, 0.1) is 0 Å². The average molecular weight is 273 g/mol. The van der Waals surface area contributed by atoms with Crippen LogP contribution in [0.15, 0.2) is 0 Å². The van der Waals surface area contributed by atoms with Crippen molar-refractivity contribution < 1.29 is 9.53 Å². The maximum absolute atomic E-state index is 12.1. The quantitative estimate of drug-likeness (QED) is 0.724. The van der Waals surface area contributed by atoms with Crippen LogP contribution in [0.5, 0.6) is 0 Å². The second-order valence-electron chi connectivity index (χ2n) is 6.18. The van der Waals surface area contributed by atoms with Gasteiger partial charge in [-0.2, -0.15) is 11.8 Å². The molecule has 4 heteroatoms. The van der Waals surface area contributed by atoms with E-state index in [2.05, 4.69) is 26.1 Å². The largest absolute Gasteiger partial charge is 0.465 e. The summed E-state index contributed by atoms with van der Waals surface area (Å²) >= 11 is 1.90. The molecule has 1 unspecified atom stereocenters. The van der Waals surface area contributed by atoms with Gasteiger partial charge in [-0.05, 0) is 38.9 Å². The minimum atomic E-state index is -0.518. The number of carbonyl (C=O) groups excluding carboxylic acids is 1. The highest BCUT2D eigenvalue weighted by Crippen LogP contribution is 2.29. The number of esters is 1. The van der Waals surface area contributed by atoms with E-state index in [0.717, 1.165) is 12.2 Å². The van der Waals surface area contributed by atoms with Gasteiger partial charge in [-0.1, -0.05) is 20.8 Å². The Morgan fingerprint density at radius 1 is 1.33 bits per heavy atom. The zero-order valence-electron chi connectivity index (χ0n) is 12.3. The first-order chi connectivity index (χ1) is 8.27. The summed E-state index contributed by atoms with van der Waals surface area (Å²) in [5.41, 5.74) is -0.518. The van der Waals surface area contributed by atoms with Gasteiger partial charge in [0.15, 0.2) is 0 Å². The maximum Gasteiger partial charge on any atom is 0.326 e. The van der Waals surface area contributed by atoms with Gasteiger partial charge in [0.25, 0.3) is 0 Å². The first-order valence-electron chi connectivity index (χ1n) is 6.86. The standard InChI is InChI=1S/C14H27NO2S/c1-6-17-12(16)14(5,15-11-7-8-11)9-10-18-13(2,3)4/h11,15H,6-10H2,1-5H3. The second-order valence-corrected chi connectivity index (χ2v) is 8.10. The number of hydrogen-bond acceptors (Lipinski definition) is 4. The Morgan fingerprint density at radius 2 is 1.94 bits per heavy atom.